The van der Waals surface area contributed by atoms with Crippen molar-refractivity contribution in [3.8, 4) is 17.1 Å². The molecule has 0 unspecified atom stereocenters. The quantitative estimate of drug-likeness (QED) is 0.372. The third kappa shape index (κ3) is 5.18. The van der Waals surface area contributed by atoms with E-state index >= 15 is 0 Å². The molecule has 3 aromatic heterocycles. The van der Waals surface area contributed by atoms with Crippen molar-refractivity contribution in [3.05, 3.63) is 70.8 Å². The molecule has 0 radical (unpaired) electrons. The Bertz CT molecular complexity index is 1120. The predicted octanol–water partition coefficient (Wildman–Crippen LogP) is 4.63. The number of thiophene rings is 1. The Kier molecular flexibility index (Phi) is 6.73. The van der Waals surface area contributed by atoms with Crippen molar-refractivity contribution in [2.24, 2.45) is 0 Å². The molecule has 0 aliphatic carbocycles. The number of ether oxygens (including phenoxy) is 1. The van der Waals surface area contributed by atoms with Crippen molar-refractivity contribution in [1.29, 1.82) is 0 Å². The minimum absolute atomic E-state index is 0.0265. The zero-order valence-corrected chi connectivity index (χ0v) is 18.8. The first kappa shape index (κ1) is 21.2. The lowest BCUT2D eigenvalue weighted by atomic mass is 10.2. The first-order valence-electron chi connectivity index (χ1n) is 9.69. The first-order chi connectivity index (χ1) is 15.1. The van der Waals surface area contributed by atoms with Gasteiger partial charge in [-0.25, -0.2) is 0 Å². The summed E-state index contributed by atoms with van der Waals surface area (Å²) in [4.78, 5) is 13.6. The van der Waals surface area contributed by atoms with Gasteiger partial charge in [0.15, 0.2) is 11.0 Å². The van der Waals surface area contributed by atoms with Crippen LogP contribution in [-0.2, 0) is 11.3 Å². The summed E-state index contributed by atoms with van der Waals surface area (Å²) in [6.45, 7) is 2.44. The number of hydrogen-bond donors (Lipinski definition) is 1. The number of amides is 1. The van der Waals surface area contributed by atoms with E-state index in [0.717, 1.165) is 22.0 Å². The summed E-state index contributed by atoms with van der Waals surface area (Å²) in [5, 5.41) is 14.4. The summed E-state index contributed by atoms with van der Waals surface area (Å²) in [5.74, 6) is 2.39. The molecule has 0 saturated carbocycles. The minimum Gasteiger partial charge on any atom is -0.497 e. The second kappa shape index (κ2) is 9.84. The van der Waals surface area contributed by atoms with Gasteiger partial charge in [0.05, 0.1) is 31.7 Å². The van der Waals surface area contributed by atoms with Crippen LogP contribution in [0.1, 0.15) is 23.6 Å². The monoisotopic (exact) mass is 454 g/mol. The number of aromatic nitrogens is 3. The Labute approximate surface area is 188 Å². The van der Waals surface area contributed by atoms with Gasteiger partial charge in [-0.2, -0.15) is 0 Å². The smallest absolute Gasteiger partial charge is 0.230 e. The number of nitrogens with zero attached hydrogens (tertiary/aromatic N) is 3. The number of rotatable bonds is 9. The van der Waals surface area contributed by atoms with E-state index < -0.39 is 0 Å². The van der Waals surface area contributed by atoms with Crippen molar-refractivity contribution >= 4 is 29.0 Å². The van der Waals surface area contributed by atoms with Gasteiger partial charge in [-0.05, 0) is 42.6 Å². The van der Waals surface area contributed by atoms with Gasteiger partial charge in [0.2, 0.25) is 5.91 Å². The first-order valence-corrected chi connectivity index (χ1v) is 11.6. The van der Waals surface area contributed by atoms with Crippen LogP contribution in [0.3, 0.4) is 0 Å². The molecule has 0 saturated heterocycles. The molecule has 1 atom stereocenters. The molecule has 7 nitrogen and oxygen atoms in total. The number of carbonyl (C=O) groups is 1. The average Bonchev–Trinajstić information content (AvgIpc) is 3.55. The van der Waals surface area contributed by atoms with Crippen LogP contribution in [-0.4, -0.2) is 33.5 Å². The van der Waals surface area contributed by atoms with Crippen LogP contribution in [0.25, 0.3) is 11.4 Å². The van der Waals surface area contributed by atoms with Crippen LogP contribution in [0, 0.1) is 0 Å². The lowest BCUT2D eigenvalue weighted by Gasteiger charge is -2.12. The van der Waals surface area contributed by atoms with Gasteiger partial charge >= 0.3 is 0 Å². The molecule has 1 amide bonds. The van der Waals surface area contributed by atoms with Crippen LogP contribution in [0.5, 0.6) is 5.75 Å². The largest absolute Gasteiger partial charge is 0.497 e. The molecule has 0 spiro atoms. The fourth-order valence-electron chi connectivity index (χ4n) is 3.09. The zero-order valence-electron chi connectivity index (χ0n) is 17.1. The maximum Gasteiger partial charge on any atom is 0.230 e. The summed E-state index contributed by atoms with van der Waals surface area (Å²) < 4.78 is 12.8. The van der Waals surface area contributed by atoms with Crippen molar-refractivity contribution in [2.75, 3.05) is 12.9 Å². The topological polar surface area (TPSA) is 82.2 Å². The number of furan rings is 1. The van der Waals surface area contributed by atoms with Gasteiger partial charge in [0, 0.05) is 10.4 Å². The highest BCUT2D eigenvalue weighted by molar-refractivity contribution is 7.99. The average molecular weight is 455 g/mol. The molecular formula is C22H22N4O3S2. The summed E-state index contributed by atoms with van der Waals surface area (Å²) in [6, 6.07) is 15.4. The van der Waals surface area contributed by atoms with Gasteiger partial charge < -0.3 is 14.5 Å². The lowest BCUT2D eigenvalue weighted by molar-refractivity contribution is -0.119. The fraction of sp³-hybridized carbons (Fsp3) is 0.227. The van der Waals surface area contributed by atoms with Crippen LogP contribution < -0.4 is 10.1 Å². The highest BCUT2D eigenvalue weighted by atomic mass is 32.2. The van der Waals surface area contributed by atoms with Gasteiger partial charge in [-0.3, -0.25) is 9.36 Å². The summed E-state index contributed by atoms with van der Waals surface area (Å²) >= 11 is 2.98. The normalized spacial score (nSPS) is 11.9. The van der Waals surface area contributed by atoms with Crippen LogP contribution in [0.15, 0.2) is 69.7 Å². The number of thioether (sulfide) groups is 1. The highest BCUT2D eigenvalue weighted by Gasteiger charge is 2.18. The maximum atomic E-state index is 12.5. The van der Waals surface area contributed by atoms with Gasteiger partial charge in [-0.1, -0.05) is 30.0 Å². The Hall–Kier alpha value is -3.04. The minimum atomic E-state index is -0.0543. The molecular weight excluding hydrogens is 432 g/mol. The van der Waals surface area contributed by atoms with Crippen LogP contribution in [0.4, 0.5) is 0 Å². The second-order valence-electron chi connectivity index (χ2n) is 6.80. The number of carbonyl (C=O) groups excluding carboxylic acids is 1. The molecule has 4 rings (SSSR count). The van der Waals surface area contributed by atoms with Crippen molar-refractivity contribution < 1.29 is 13.9 Å². The van der Waals surface area contributed by atoms with E-state index in [2.05, 4.69) is 15.5 Å². The number of benzene rings is 1. The van der Waals surface area contributed by atoms with Crippen LogP contribution >= 0.6 is 23.1 Å². The maximum absolute atomic E-state index is 12.5. The van der Waals surface area contributed by atoms with E-state index in [0.29, 0.717) is 17.5 Å². The molecule has 9 heteroatoms. The van der Waals surface area contributed by atoms with E-state index in [1.54, 1.807) is 24.7 Å². The van der Waals surface area contributed by atoms with E-state index in [1.807, 2.05) is 65.4 Å². The summed E-state index contributed by atoms with van der Waals surface area (Å²) in [6.07, 6.45) is 1.64. The molecule has 1 aromatic carbocycles. The Morgan fingerprint density at radius 3 is 2.90 bits per heavy atom. The van der Waals surface area contributed by atoms with Gasteiger partial charge in [0.25, 0.3) is 0 Å². The Morgan fingerprint density at radius 2 is 2.16 bits per heavy atom. The molecule has 4 aromatic rings. The van der Waals surface area contributed by atoms with E-state index in [9.17, 15) is 4.79 Å². The third-order valence-electron chi connectivity index (χ3n) is 4.62. The van der Waals surface area contributed by atoms with Crippen molar-refractivity contribution in [2.45, 2.75) is 24.7 Å². The Balaban J connectivity index is 1.52. The summed E-state index contributed by atoms with van der Waals surface area (Å²) in [7, 11) is 1.63. The van der Waals surface area contributed by atoms with E-state index in [1.165, 1.54) is 11.8 Å². The van der Waals surface area contributed by atoms with Crippen molar-refractivity contribution in [1.82, 2.24) is 20.1 Å². The number of methoxy groups -OCH3 is 1. The van der Waals surface area contributed by atoms with E-state index in [-0.39, 0.29) is 17.7 Å². The number of hydrogen-bond acceptors (Lipinski definition) is 7. The predicted molar refractivity (Wildman–Crippen MR) is 121 cm³/mol. The zero-order chi connectivity index (χ0) is 21.6. The van der Waals surface area contributed by atoms with Gasteiger partial charge in [-0.15, -0.1) is 21.5 Å². The molecule has 160 valence electrons. The summed E-state index contributed by atoms with van der Waals surface area (Å²) in [5.41, 5.74) is 0.876. The molecule has 0 fully saturated rings. The fourth-order valence-corrected chi connectivity index (χ4v) is 4.58. The molecule has 0 bridgehead atoms. The molecule has 0 aliphatic heterocycles. The van der Waals surface area contributed by atoms with E-state index in [4.69, 9.17) is 9.15 Å². The molecule has 0 aliphatic rings. The van der Waals surface area contributed by atoms with Crippen molar-refractivity contribution in [3.63, 3.8) is 0 Å². The van der Waals surface area contributed by atoms with Gasteiger partial charge in [0.1, 0.15) is 11.5 Å². The second-order valence-corrected chi connectivity index (χ2v) is 8.72. The third-order valence-corrected chi connectivity index (χ3v) is 6.64. The number of nitrogens with one attached hydrogen (secondary N) is 1. The van der Waals surface area contributed by atoms with Crippen LogP contribution in [0.2, 0.25) is 0 Å². The SMILES string of the molecule is COc1cccc(-c2nnc(SCC(=O)N[C@@H](C)c3cccs3)n2Cc2ccco2)c1. The standard InChI is InChI=1S/C22H22N4O3S2/c1-15(19-9-5-11-30-19)23-20(27)14-31-22-25-24-21(16-6-3-7-17(12-16)28-2)26(22)13-18-8-4-10-29-18/h3-12,15H,13-14H2,1-2H3,(H,23,27)/t15-/m0/s1. The lowest BCUT2D eigenvalue weighted by Crippen LogP contribution is -2.27. The molecule has 3 heterocycles. The molecule has 1 N–H and O–H groups in total. The highest BCUT2D eigenvalue weighted by Crippen LogP contribution is 2.28. The Morgan fingerprint density at radius 1 is 1.26 bits per heavy atom. The molecule has 31 heavy (non-hydrogen) atoms.